The topological polar surface area (TPSA) is 42.0 Å². The van der Waals surface area contributed by atoms with Gasteiger partial charge in [-0.3, -0.25) is 9.69 Å². The molecule has 0 bridgehead atoms. The lowest BCUT2D eigenvalue weighted by Crippen LogP contribution is -2.59. The van der Waals surface area contributed by atoms with Gasteiger partial charge in [0.2, 0.25) is 5.91 Å². The first-order valence-electron chi connectivity index (χ1n) is 11.6. The fraction of sp³-hybridized carbons (Fsp3) is 0.650. The van der Waals surface area contributed by atoms with Crippen molar-refractivity contribution in [3.63, 3.8) is 0 Å². The summed E-state index contributed by atoms with van der Waals surface area (Å²) < 4.78 is 54.6. The smallest absolute Gasteiger partial charge is 0.240 e. The highest BCUT2D eigenvalue weighted by molar-refractivity contribution is 5.83. The van der Waals surface area contributed by atoms with E-state index < -0.39 is 14.1 Å². The van der Waals surface area contributed by atoms with Gasteiger partial charge in [0.05, 0.1) is 34.4 Å². The summed E-state index contributed by atoms with van der Waals surface area (Å²) in [6.45, 7) is 7.42. The van der Waals surface area contributed by atoms with Crippen molar-refractivity contribution in [1.82, 2.24) is 9.80 Å². The molecule has 0 aromatic heterocycles. The maximum absolute atomic E-state index is 13.3. The van der Waals surface area contributed by atoms with Crippen LogP contribution in [0.3, 0.4) is 0 Å². The second kappa shape index (κ2) is 6.52. The van der Waals surface area contributed by atoms with Crippen LogP contribution >= 0.6 is 0 Å². The molecule has 2 heterocycles. The summed E-state index contributed by atoms with van der Waals surface area (Å²) in [4.78, 5) is 17.2. The molecule has 1 aromatic carbocycles. The Bertz CT molecular complexity index is 847. The van der Waals surface area contributed by atoms with Gasteiger partial charge in [0, 0.05) is 13.1 Å². The number of carbonyl (C=O) groups is 1. The first kappa shape index (κ1) is 11.8. The van der Waals surface area contributed by atoms with E-state index >= 15 is 0 Å². The van der Waals surface area contributed by atoms with Crippen LogP contribution in [0.5, 0.6) is 11.5 Å². The number of carbonyl (C=O) groups excluding carboxylic acids is 1. The average molecular weight is 353 g/mol. The first-order valence-corrected chi connectivity index (χ1v) is 8.60. The number of hydrogen-bond acceptors (Lipinski definition) is 4. The molecule has 138 valence electrons. The van der Waals surface area contributed by atoms with Crippen molar-refractivity contribution in [3.05, 3.63) is 23.3 Å². The number of ether oxygens (including phenoxy) is 2. The van der Waals surface area contributed by atoms with Crippen LogP contribution in [0.4, 0.5) is 0 Å². The Morgan fingerprint density at radius 3 is 2.56 bits per heavy atom. The molecule has 2 unspecified atom stereocenters. The van der Waals surface area contributed by atoms with Gasteiger partial charge in [0.15, 0.2) is 11.5 Å². The van der Waals surface area contributed by atoms with Crippen LogP contribution in [-0.4, -0.2) is 56.0 Å². The number of nitrogens with zero attached hydrogens (tertiary/aromatic N) is 2. The maximum atomic E-state index is 13.3. The molecule has 0 spiro atoms. The number of amides is 1. The molecule has 0 aliphatic carbocycles. The highest BCUT2D eigenvalue weighted by atomic mass is 16.5. The number of likely N-dealkylation sites (N-methyl/N-ethyl adjacent to an activating group) is 1. The normalized spacial score (nSPS) is 28.5. The molecule has 1 saturated heterocycles. The van der Waals surface area contributed by atoms with Crippen LogP contribution in [0.25, 0.3) is 0 Å². The fourth-order valence-corrected chi connectivity index (χ4v) is 3.93. The molecule has 1 aromatic rings. The monoisotopic (exact) mass is 352 g/mol. The molecular weight excluding hydrogens is 316 g/mol. The van der Waals surface area contributed by atoms with Gasteiger partial charge in [-0.2, -0.15) is 0 Å². The summed E-state index contributed by atoms with van der Waals surface area (Å²) in [6.07, 6.45) is 1.26. The molecule has 2 aliphatic heterocycles. The molecule has 0 N–H and O–H groups in total. The first-order chi connectivity index (χ1) is 14.0. The van der Waals surface area contributed by atoms with E-state index in [0.29, 0.717) is 19.5 Å². The van der Waals surface area contributed by atoms with Crippen molar-refractivity contribution < 1.29 is 22.5 Å². The molecule has 0 radical (unpaired) electrons. The molecule has 3 rings (SSSR count). The van der Waals surface area contributed by atoms with Crippen molar-refractivity contribution in [2.75, 3.05) is 34.2 Å². The van der Waals surface area contributed by atoms with E-state index in [1.165, 1.54) is 12.1 Å². The van der Waals surface area contributed by atoms with E-state index in [-0.39, 0.29) is 34.9 Å². The zero-order valence-electron chi connectivity index (χ0n) is 21.3. The van der Waals surface area contributed by atoms with Gasteiger partial charge in [0.1, 0.15) is 0 Å². The number of methoxy groups -OCH3 is 2. The van der Waals surface area contributed by atoms with E-state index in [4.69, 9.17) is 17.7 Å². The van der Waals surface area contributed by atoms with Crippen molar-refractivity contribution in [3.8, 4) is 11.5 Å². The highest BCUT2D eigenvalue weighted by Gasteiger charge is 2.43. The largest absolute Gasteiger partial charge is 0.493 e. The third-order valence-corrected chi connectivity index (χ3v) is 5.15. The van der Waals surface area contributed by atoms with Crippen molar-refractivity contribution in [2.24, 2.45) is 5.41 Å². The number of fused-ring (bicyclic) bond motifs is 3. The Morgan fingerprint density at radius 1 is 1.24 bits per heavy atom. The standard InChI is InChI=1S/C20H30N2O3/c1-20(2,3)11-15-19(23)22-8-7-13-9-17(24-5)18(25-6)10-14(13)16(22)12-21(15)4/h9-10,15-16H,7-8,11-12H2,1-6H3/i5D3,6D3. The van der Waals surface area contributed by atoms with Gasteiger partial charge in [-0.15, -0.1) is 0 Å². The molecule has 1 fully saturated rings. The second-order valence-electron chi connectivity index (χ2n) is 8.22. The van der Waals surface area contributed by atoms with Gasteiger partial charge in [-0.05, 0) is 48.6 Å². The molecule has 2 aliphatic rings. The minimum absolute atomic E-state index is 0.00263. The Kier molecular flexibility index (Phi) is 3.07. The summed E-state index contributed by atoms with van der Waals surface area (Å²) >= 11 is 0. The number of piperazine rings is 1. The Balaban J connectivity index is 1.99. The number of rotatable bonds is 3. The third-order valence-electron chi connectivity index (χ3n) is 5.15. The molecule has 5 nitrogen and oxygen atoms in total. The van der Waals surface area contributed by atoms with Crippen LogP contribution in [0, 0.1) is 5.41 Å². The predicted molar refractivity (Wildman–Crippen MR) is 98.2 cm³/mol. The molecule has 5 heteroatoms. The van der Waals surface area contributed by atoms with Crippen LogP contribution in [0.1, 0.15) is 52.6 Å². The van der Waals surface area contributed by atoms with E-state index in [1.54, 1.807) is 0 Å². The van der Waals surface area contributed by atoms with E-state index in [0.717, 1.165) is 17.5 Å². The van der Waals surface area contributed by atoms with Gasteiger partial charge < -0.3 is 14.4 Å². The zero-order chi connectivity index (χ0) is 23.4. The van der Waals surface area contributed by atoms with Gasteiger partial charge in [0.25, 0.3) is 0 Å². The van der Waals surface area contributed by atoms with Gasteiger partial charge in [-0.1, -0.05) is 20.8 Å². The summed E-state index contributed by atoms with van der Waals surface area (Å²) in [5, 5.41) is 0. The molecule has 2 atom stereocenters. The summed E-state index contributed by atoms with van der Waals surface area (Å²) in [5.41, 5.74) is 1.59. The third kappa shape index (κ3) is 3.34. The van der Waals surface area contributed by atoms with Crippen molar-refractivity contribution in [2.45, 2.75) is 45.7 Å². The molecular formula is C20H30N2O3. The van der Waals surface area contributed by atoms with E-state index in [2.05, 4.69) is 20.8 Å². The molecule has 1 amide bonds. The summed E-state index contributed by atoms with van der Waals surface area (Å²) in [6, 6.07) is 2.57. The van der Waals surface area contributed by atoms with Crippen LogP contribution in [0.15, 0.2) is 12.1 Å². The minimum atomic E-state index is -2.77. The lowest BCUT2D eigenvalue weighted by atomic mass is 9.83. The summed E-state index contributed by atoms with van der Waals surface area (Å²) in [5.74, 6) is -0.242. The summed E-state index contributed by atoms with van der Waals surface area (Å²) in [7, 11) is -3.60. The SMILES string of the molecule is [2H]C([2H])([2H])Oc1cc2c(cc1OC([2H])([2H])[2H])C1CN(C)C(CC(C)(C)C)C(=O)N1CC2. The highest BCUT2D eigenvalue weighted by Crippen LogP contribution is 2.41. The molecule has 25 heavy (non-hydrogen) atoms. The quantitative estimate of drug-likeness (QED) is 0.839. The van der Waals surface area contributed by atoms with E-state index in [1.807, 2.05) is 16.8 Å². The maximum Gasteiger partial charge on any atom is 0.240 e. The predicted octanol–water partition coefficient (Wildman–Crippen LogP) is 2.88. The lowest BCUT2D eigenvalue weighted by Gasteiger charge is -2.48. The Morgan fingerprint density at radius 2 is 1.92 bits per heavy atom. The van der Waals surface area contributed by atoms with Crippen LogP contribution in [-0.2, 0) is 11.2 Å². The van der Waals surface area contributed by atoms with Gasteiger partial charge in [-0.25, -0.2) is 0 Å². The molecule has 0 saturated carbocycles. The lowest BCUT2D eigenvalue weighted by molar-refractivity contribution is -0.147. The van der Waals surface area contributed by atoms with E-state index in [9.17, 15) is 4.79 Å². The fourth-order valence-electron chi connectivity index (χ4n) is 3.93. The van der Waals surface area contributed by atoms with Crippen LogP contribution < -0.4 is 9.47 Å². The number of benzene rings is 1. The zero-order valence-corrected chi connectivity index (χ0v) is 15.3. The van der Waals surface area contributed by atoms with Crippen molar-refractivity contribution in [1.29, 1.82) is 0 Å². The van der Waals surface area contributed by atoms with Crippen molar-refractivity contribution >= 4 is 5.91 Å². The Hall–Kier alpha value is -1.75. The Labute approximate surface area is 159 Å². The second-order valence-corrected chi connectivity index (χ2v) is 8.22. The minimum Gasteiger partial charge on any atom is -0.493 e. The number of hydrogen-bond donors (Lipinski definition) is 0. The average Bonchev–Trinajstić information content (AvgIpc) is 2.56. The van der Waals surface area contributed by atoms with Crippen LogP contribution in [0.2, 0.25) is 0 Å². The van der Waals surface area contributed by atoms with Gasteiger partial charge >= 0.3 is 0 Å².